The van der Waals surface area contributed by atoms with Crippen LogP contribution in [0.1, 0.15) is 46.5 Å². The summed E-state index contributed by atoms with van der Waals surface area (Å²) < 4.78 is 14.0. The van der Waals surface area contributed by atoms with Crippen molar-refractivity contribution in [2.75, 3.05) is 13.1 Å². The third-order valence-electron chi connectivity index (χ3n) is 6.08. The van der Waals surface area contributed by atoms with Crippen LogP contribution in [0.25, 0.3) is 0 Å². The van der Waals surface area contributed by atoms with E-state index in [0.717, 1.165) is 19.4 Å². The normalized spacial score (nSPS) is 33.5. The Kier molecular flexibility index (Phi) is 8.45. The molecule has 0 saturated heterocycles. The number of aliphatic hydroxyl groups is 1. The largest absolute Gasteiger partial charge is 0.393 e. The van der Waals surface area contributed by atoms with Crippen LogP contribution in [-0.4, -0.2) is 42.5 Å². The first-order valence-electron chi connectivity index (χ1n) is 10.0. The second-order valence-electron chi connectivity index (χ2n) is 8.05. The summed E-state index contributed by atoms with van der Waals surface area (Å²) in [6.45, 7) is 11.0. The fourth-order valence-corrected chi connectivity index (χ4v) is 4.17. The van der Waals surface area contributed by atoms with Crippen molar-refractivity contribution in [1.82, 2.24) is 10.6 Å². The molecule has 148 valence electrons. The van der Waals surface area contributed by atoms with Gasteiger partial charge in [0.2, 0.25) is 0 Å². The minimum atomic E-state index is -0.981. The highest BCUT2D eigenvalue weighted by Crippen LogP contribution is 2.36. The van der Waals surface area contributed by atoms with E-state index in [1.807, 2.05) is 13.8 Å². The Balaban J connectivity index is 1.80. The smallest absolute Gasteiger partial charge is 0.153 e. The van der Waals surface area contributed by atoms with E-state index in [-0.39, 0.29) is 18.3 Å². The molecule has 1 aliphatic heterocycles. The molecule has 1 saturated carbocycles. The maximum absolute atomic E-state index is 14.0. The van der Waals surface area contributed by atoms with Gasteiger partial charge in [-0.25, -0.2) is 4.39 Å². The van der Waals surface area contributed by atoms with Gasteiger partial charge in [-0.2, -0.15) is 0 Å². The Labute approximate surface area is 158 Å². The molecule has 2 unspecified atom stereocenters. The molecule has 0 aromatic carbocycles. The molecule has 0 radical (unpaired) electrons. The van der Waals surface area contributed by atoms with Gasteiger partial charge in [0.1, 0.15) is 6.17 Å². The van der Waals surface area contributed by atoms with Crippen molar-refractivity contribution in [2.24, 2.45) is 28.7 Å². The molecule has 0 aromatic heterocycles. The van der Waals surface area contributed by atoms with Crippen molar-refractivity contribution >= 4 is 5.71 Å². The first-order valence-corrected chi connectivity index (χ1v) is 10.0. The fraction of sp³-hybridized carbons (Fsp3) is 0.762. The van der Waals surface area contributed by atoms with Gasteiger partial charge in [0.25, 0.3) is 0 Å². The molecule has 26 heavy (non-hydrogen) atoms. The highest BCUT2D eigenvalue weighted by molar-refractivity contribution is 5.85. The lowest BCUT2D eigenvalue weighted by Gasteiger charge is -2.38. The average Bonchev–Trinajstić information content (AvgIpc) is 2.64. The van der Waals surface area contributed by atoms with E-state index in [4.69, 9.17) is 4.99 Å². The average molecular weight is 366 g/mol. The summed E-state index contributed by atoms with van der Waals surface area (Å²) in [7, 11) is 0. The minimum absolute atomic E-state index is 0.114. The zero-order valence-corrected chi connectivity index (χ0v) is 16.5. The molecule has 2 aliphatic rings. The van der Waals surface area contributed by atoms with Gasteiger partial charge < -0.3 is 5.11 Å². The van der Waals surface area contributed by atoms with Crippen molar-refractivity contribution in [3.63, 3.8) is 0 Å². The van der Waals surface area contributed by atoms with Gasteiger partial charge in [-0.05, 0) is 51.4 Å². The number of nitrogens with one attached hydrogen (secondary N) is 2. The van der Waals surface area contributed by atoms with Crippen molar-refractivity contribution < 1.29 is 9.50 Å². The number of hydrogen-bond acceptors (Lipinski definition) is 4. The molecule has 0 bridgehead atoms. The Hall–Kier alpha value is -1.04. The summed E-state index contributed by atoms with van der Waals surface area (Å²) in [6.07, 6.45) is 8.06. The van der Waals surface area contributed by atoms with Crippen molar-refractivity contribution in [3.05, 3.63) is 24.8 Å². The third-order valence-corrected chi connectivity index (χ3v) is 6.08. The van der Waals surface area contributed by atoms with Gasteiger partial charge in [0.15, 0.2) is 6.29 Å². The second-order valence-corrected chi connectivity index (χ2v) is 8.05. The molecule has 4 nitrogen and oxygen atoms in total. The first kappa shape index (κ1) is 21.3. The van der Waals surface area contributed by atoms with E-state index >= 15 is 0 Å². The van der Waals surface area contributed by atoms with E-state index < -0.39 is 6.17 Å². The Morgan fingerprint density at radius 3 is 2.62 bits per heavy atom. The van der Waals surface area contributed by atoms with Gasteiger partial charge >= 0.3 is 0 Å². The van der Waals surface area contributed by atoms with Gasteiger partial charge in [-0.15, -0.1) is 0 Å². The zero-order valence-electron chi connectivity index (χ0n) is 16.5. The van der Waals surface area contributed by atoms with Crippen LogP contribution in [0.2, 0.25) is 0 Å². The van der Waals surface area contributed by atoms with Gasteiger partial charge in [-0.3, -0.25) is 15.6 Å². The fourth-order valence-electron chi connectivity index (χ4n) is 4.17. The van der Waals surface area contributed by atoms with E-state index in [2.05, 4.69) is 24.1 Å². The number of hydrogen-bond donors (Lipinski definition) is 3. The lowest BCUT2D eigenvalue weighted by molar-refractivity contribution is 0.0822. The number of alkyl halides is 1. The minimum Gasteiger partial charge on any atom is -0.393 e. The van der Waals surface area contributed by atoms with E-state index in [1.165, 1.54) is 18.6 Å². The number of aliphatic imine (C=N–C) groups is 1. The highest BCUT2D eigenvalue weighted by Gasteiger charge is 2.33. The van der Waals surface area contributed by atoms with Crippen molar-refractivity contribution in [2.45, 2.75) is 65.0 Å². The molecule has 0 amide bonds. The molecule has 5 heteroatoms. The lowest BCUT2D eigenvalue weighted by Crippen LogP contribution is -2.51. The van der Waals surface area contributed by atoms with E-state index in [9.17, 15) is 9.50 Å². The monoisotopic (exact) mass is 365 g/mol. The van der Waals surface area contributed by atoms with Crippen molar-refractivity contribution in [1.29, 1.82) is 0 Å². The van der Waals surface area contributed by atoms with Crippen LogP contribution in [0.4, 0.5) is 4.39 Å². The molecule has 0 spiro atoms. The number of halogens is 1. The Morgan fingerprint density at radius 2 is 2.04 bits per heavy atom. The maximum atomic E-state index is 14.0. The predicted molar refractivity (Wildman–Crippen MR) is 107 cm³/mol. The molecule has 1 fully saturated rings. The quantitative estimate of drug-likeness (QED) is 0.578. The topological polar surface area (TPSA) is 56.7 Å². The summed E-state index contributed by atoms with van der Waals surface area (Å²) in [4.78, 5) is 4.77. The van der Waals surface area contributed by atoms with Crippen LogP contribution in [0, 0.1) is 23.7 Å². The number of rotatable bonds is 8. The summed E-state index contributed by atoms with van der Waals surface area (Å²) in [5.74, 6) is 1.47. The van der Waals surface area contributed by atoms with Crippen LogP contribution in [0.5, 0.6) is 0 Å². The summed E-state index contributed by atoms with van der Waals surface area (Å²) in [5, 5.41) is 16.6. The molecule has 5 atom stereocenters. The summed E-state index contributed by atoms with van der Waals surface area (Å²) in [5.41, 5.74) is 1.19. The van der Waals surface area contributed by atoms with Crippen LogP contribution >= 0.6 is 0 Å². The zero-order chi connectivity index (χ0) is 19.1. The van der Waals surface area contributed by atoms with Gasteiger partial charge in [0.05, 0.1) is 6.10 Å². The molecule has 0 aromatic rings. The van der Waals surface area contributed by atoms with Crippen LogP contribution in [0.15, 0.2) is 29.8 Å². The molecule has 3 N–H and O–H groups in total. The third kappa shape index (κ3) is 6.00. The predicted octanol–water partition coefficient (Wildman–Crippen LogP) is 3.44. The second kappa shape index (κ2) is 10.3. The number of nitrogens with zero attached hydrogens (tertiary/aromatic N) is 1. The van der Waals surface area contributed by atoms with Gasteiger partial charge in [-0.1, -0.05) is 31.7 Å². The summed E-state index contributed by atoms with van der Waals surface area (Å²) >= 11 is 0. The van der Waals surface area contributed by atoms with Crippen molar-refractivity contribution in [3.8, 4) is 0 Å². The Morgan fingerprint density at radius 1 is 1.35 bits per heavy atom. The molecule has 1 heterocycles. The van der Waals surface area contributed by atoms with Crippen LogP contribution in [0.3, 0.4) is 0 Å². The number of allylic oxidation sites excluding steroid dienone is 3. The van der Waals surface area contributed by atoms with E-state index in [1.54, 1.807) is 18.2 Å². The van der Waals surface area contributed by atoms with Crippen LogP contribution in [-0.2, 0) is 0 Å². The van der Waals surface area contributed by atoms with E-state index in [0.29, 0.717) is 24.3 Å². The summed E-state index contributed by atoms with van der Waals surface area (Å²) in [6, 6.07) is 0. The SMILES string of the molecule is C=C/C=C\[C@@H](F)C(C)CNC1N=C(C)[C@H](C2CCC([C@H](C)O)CC2)CN1. The highest BCUT2D eigenvalue weighted by atomic mass is 19.1. The standard InChI is InChI=1S/C21H36FN3O/c1-5-6-7-20(22)14(2)12-23-21-24-13-19(15(3)25-21)18-10-8-17(9-11-18)16(4)26/h5-7,14,16-21,23-24,26H,1,8-13H2,2-4H3/b7-6-/t14?,16-,17?,18?,19+,20+,21?/m0/s1. The number of aliphatic hydroxyl groups excluding tert-OH is 1. The lowest BCUT2D eigenvalue weighted by atomic mass is 9.73. The maximum Gasteiger partial charge on any atom is 0.153 e. The molecular formula is C21H36FN3O. The molecule has 2 rings (SSSR count). The molecule has 1 aliphatic carbocycles. The van der Waals surface area contributed by atoms with Crippen LogP contribution < -0.4 is 10.6 Å². The molecular weight excluding hydrogens is 329 g/mol. The van der Waals surface area contributed by atoms with Gasteiger partial charge in [0, 0.05) is 30.6 Å². The first-order chi connectivity index (χ1) is 12.4. The Bertz CT molecular complexity index is 497.